The van der Waals surface area contributed by atoms with E-state index in [1.807, 2.05) is 30.3 Å². The molecule has 3 aromatic rings. The molecule has 3 rings (SSSR count). The third-order valence-electron chi connectivity index (χ3n) is 3.27. The van der Waals surface area contributed by atoms with Gasteiger partial charge in [0, 0.05) is 5.56 Å². The lowest BCUT2D eigenvalue weighted by molar-refractivity contribution is 0.194. The first kappa shape index (κ1) is 16.0. The van der Waals surface area contributed by atoms with Crippen molar-refractivity contribution in [1.29, 1.82) is 0 Å². The minimum absolute atomic E-state index is 0.0439. The second-order valence-electron chi connectivity index (χ2n) is 4.87. The lowest BCUT2D eigenvalue weighted by Gasteiger charge is -2.00. The van der Waals surface area contributed by atoms with E-state index in [9.17, 15) is 0 Å². The van der Waals surface area contributed by atoms with Crippen LogP contribution in [0.3, 0.4) is 0 Å². The number of aliphatic hydroxyl groups is 2. The minimum Gasteiger partial charge on any atom is -0.474 e. The maximum atomic E-state index is 9.10. The van der Waals surface area contributed by atoms with Gasteiger partial charge in [-0.3, -0.25) is 0 Å². The summed E-state index contributed by atoms with van der Waals surface area (Å²) in [6.45, 7) is -0.0710. The van der Waals surface area contributed by atoms with Gasteiger partial charge in [0.1, 0.15) is 18.0 Å². The summed E-state index contributed by atoms with van der Waals surface area (Å²) in [5.74, 6) is 0.968. The summed E-state index contributed by atoms with van der Waals surface area (Å²) >= 11 is 0. The molecule has 4 N–H and O–H groups in total. The highest BCUT2D eigenvalue weighted by molar-refractivity contribution is 5.74. The Morgan fingerprint density at radius 1 is 1.17 bits per heavy atom. The van der Waals surface area contributed by atoms with Gasteiger partial charge in [-0.25, -0.2) is 4.68 Å². The van der Waals surface area contributed by atoms with Crippen molar-refractivity contribution in [3.63, 3.8) is 0 Å². The van der Waals surface area contributed by atoms with E-state index in [4.69, 9.17) is 25.2 Å². The molecular weight excluding hydrogens is 314 g/mol. The van der Waals surface area contributed by atoms with Crippen molar-refractivity contribution in [3.05, 3.63) is 30.3 Å². The lowest BCUT2D eigenvalue weighted by atomic mass is 10.2. The van der Waals surface area contributed by atoms with Crippen molar-refractivity contribution in [2.45, 2.75) is 6.54 Å². The molecule has 0 radical (unpaired) electrons. The maximum absolute atomic E-state index is 9.10. The Morgan fingerprint density at radius 3 is 2.67 bits per heavy atom. The van der Waals surface area contributed by atoms with Gasteiger partial charge in [-0.1, -0.05) is 35.5 Å². The molecule has 2 heterocycles. The van der Waals surface area contributed by atoms with Crippen LogP contribution in [0, 0.1) is 0 Å². The third kappa shape index (κ3) is 3.07. The van der Waals surface area contributed by atoms with E-state index in [2.05, 4.69) is 15.2 Å². The van der Waals surface area contributed by atoms with Gasteiger partial charge in [0.15, 0.2) is 0 Å². The van der Waals surface area contributed by atoms with Gasteiger partial charge in [0.25, 0.3) is 5.89 Å². The van der Waals surface area contributed by atoms with Crippen LogP contribution in [0.25, 0.3) is 22.8 Å². The van der Waals surface area contributed by atoms with Gasteiger partial charge in [-0.15, -0.1) is 5.10 Å². The van der Waals surface area contributed by atoms with E-state index < -0.39 is 0 Å². The fraction of sp³-hybridized carbons (Fsp3) is 0.267. The van der Waals surface area contributed by atoms with Gasteiger partial charge in [-0.2, -0.15) is 4.98 Å². The molecule has 9 heteroatoms. The Balaban J connectivity index is 2.00. The number of anilines is 1. The van der Waals surface area contributed by atoms with Crippen LogP contribution in [0.1, 0.15) is 0 Å². The molecule has 9 nitrogen and oxygen atoms in total. The standard InChI is InChI=1S/C15H17N5O4/c16-12-11(15(23-9-8-22)18-20(12)6-7-21)14-17-13(19-24-14)10-4-2-1-3-5-10/h1-5,21-22H,6-9,16H2. The fourth-order valence-electron chi connectivity index (χ4n) is 2.19. The molecule has 126 valence electrons. The van der Waals surface area contributed by atoms with E-state index in [0.717, 1.165) is 5.56 Å². The number of hydrogen-bond donors (Lipinski definition) is 3. The van der Waals surface area contributed by atoms with E-state index in [1.54, 1.807) is 0 Å². The van der Waals surface area contributed by atoms with E-state index in [1.165, 1.54) is 4.68 Å². The number of aromatic nitrogens is 4. The predicted molar refractivity (Wildman–Crippen MR) is 85.0 cm³/mol. The molecule has 0 fully saturated rings. The molecule has 0 amide bonds. The molecule has 0 saturated carbocycles. The Bertz CT molecular complexity index is 800. The van der Waals surface area contributed by atoms with Crippen molar-refractivity contribution in [3.8, 4) is 28.7 Å². The van der Waals surface area contributed by atoms with Crippen molar-refractivity contribution in [1.82, 2.24) is 19.9 Å². The Labute approximate surface area is 137 Å². The number of rotatable bonds is 7. The Hall–Kier alpha value is -2.91. The molecular formula is C15H17N5O4. The Morgan fingerprint density at radius 2 is 1.96 bits per heavy atom. The molecule has 24 heavy (non-hydrogen) atoms. The van der Waals surface area contributed by atoms with Crippen molar-refractivity contribution >= 4 is 5.82 Å². The van der Waals surface area contributed by atoms with Gasteiger partial charge in [0.05, 0.1) is 19.8 Å². The molecule has 0 aliphatic heterocycles. The third-order valence-corrected chi connectivity index (χ3v) is 3.27. The van der Waals surface area contributed by atoms with Crippen molar-refractivity contribution in [2.75, 3.05) is 25.6 Å². The van der Waals surface area contributed by atoms with Gasteiger partial charge >= 0.3 is 0 Å². The Kier molecular flexibility index (Phi) is 4.73. The first-order valence-corrected chi connectivity index (χ1v) is 7.35. The second-order valence-corrected chi connectivity index (χ2v) is 4.87. The van der Waals surface area contributed by atoms with E-state index in [-0.39, 0.29) is 44.0 Å². The van der Waals surface area contributed by atoms with Gasteiger partial charge in [0.2, 0.25) is 11.7 Å². The first-order chi connectivity index (χ1) is 11.7. The summed E-state index contributed by atoms with van der Waals surface area (Å²) in [4.78, 5) is 4.34. The minimum atomic E-state index is -0.175. The van der Waals surface area contributed by atoms with Crippen LogP contribution in [0.5, 0.6) is 5.88 Å². The number of nitrogens with zero attached hydrogens (tertiary/aromatic N) is 4. The number of benzene rings is 1. The van der Waals surface area contributed by atoms with Crippen LogP contribution in [0.4, 0.5) is 5.82 Å². The molecule has 0 aliphatic carbocycles. The second kappa shape index (κ2) is 7.11. The topological polar surface area (TPSA) is 132 Å². The number of hydrogen-bond acceptors (Lipinski definition) is 8. The maximum Gasteiger partial charge on any atom is 0.267 e. The zero-order valence-corrected chi connectivity index (χ0v) is 12.8. The van der Waals surface area contributed by atoms with E-state index >= 15 is 0 Å². The molecule has 0 bridgehead atoms. The molecule has 0 unspecified atom stereocenters. The monoisotopic (exact) mass is 331 g/mol. The number of aliphatic hydroxyl groups excluding tert-OH is 2. The zero-order chi connectivity index (χ0) is 16.9. The number of nitrogen functional groups attached to an aromatic ring is 1. The predicted octanol–water partition coefficient (Wildman–Crippen LogP) is 0.546. The zero-order valence-electron chi connectivity index (χ0n) is 12.8. The average Bonchev–Trinajstić information content (AvgIpc) is 3.19. The van der Waals surface area contributed by atoms with Crippen molar-refractivity contribution in [2.24, 2.45) is 0 Å². The highest BCUT2D eigenvalue weighted by Crippen LogP contribution is 2.35. The van der Waals surface area contributed by atoms with Crippen LogP contribution in [0.15, 0.2) is 34.9 Å². The fourth-order valence-corrected chi connectivity index (χ4v) is 2.19. The highest BCUT2D eigenvalue weighted by atomic mass is 16.5. The lowest BCUT2D eigenvalue weighted by Crippen LogP contribution is -2.08. The van der Waals surface area contributed by atoms with Crippen LogP contribution in [0.2, 0.25) is 0 Å². The smallest absolute Gasteiger partial charge is 0.267 e. The number of nitrogens with two attached hydrogens (primary N) is 1. The summed E-state index contributed by atoms with van der Waals surface area (Å²) in [5, 5.41) is 26.1. The van der Waals surface area contributed by atoms with Crippen LogP contribution < -0.4 is 10.5 Å². The molecule has 2 aromatic heterocycles. The van der Waals surface area contributed by atoms with Crippen molar-refractivity contribution < 1.29 is 19.5 Å². The largest absolute Gasteiger partial charge is 0.474 e. The van der Waals surface area contributed by atoms with Crippen LogP contribution in [-0.4, -0.2) is 50.0 Å². The molecule has 0 aliphatic rings. The quantitative estimate of drug-likeness (QED) is 0.571. The molecule has 0 spiro atoms. The summed E-state index contributed by atoms with van der Waals surface area (Å²) in [6.07, 6.45) is 0. The molecule has 0 atom stereocenters. The number of ether oxygens (including phenoxy) is 1. The summed E-state index contributed by atoms with van der Waals surface area (Å²) in [7, 11) is 0. The first-order valence-electron chi connectivity index (χ1n) is 7.35. The SMILES string of the molecule is Nc1c(-c2nc(-c3ccccc3)no2)c(OCCO)nn1CCO. The molecule has 1 aromatic carbocycles. The normalized spacial score (nSPS) is 10.9. The van der Waals surface area contributed by atoms with E-state index in [0.29, 0.717) is 11.4 Å². The summed E-state index contributed by atoms with van der Waals surface area (Å²) in [5.41, 5.74) is 7.20. The highest BCUT2D eigenvalue weighted by Gasteiger charge is 2.24. The summed E-state index contributed by atoms with van der Waals surface area (Å²) in [6, 6.07) is 9.35. The molecule has 0 saturated heterocycles. The van der Waals surface area contributed by atoms with Crippen LogP contribution >= 0.6 is 0 Å². The van der Waals surface area contributed by atoms with Gasteiger partial charge < -0.3 is 25.2 Å². The average molecular weight is 331 g/mol. The van der Waals surface area contributed by atoms with Crippen LogP contribution in [-0.2, 0) is 6.54 Å². The summed E-state index contributed by atoms with van der Waals surface area (Å²) < 4.78 is 12.1. The van der Waals surface area contributed by atoms with Gasteiger partial charge in [-0.05, 0) is 0 Å².